The molecule has 0 saturated heterocycles. The lowest BCUT2D eigenvalue weighted by atomic mass is 10.1. The van der Waals surface area contributed by atoms with E-state index in [1.807, 2.05) is 49.4 Å². The van der Waals surface area contributed by atoms with Gasteiger partial charge in [0.15, 0.2) is 5.82 Å². The van der Waals surface area contributed by atoms with Gasteiger partial charge in [-0.1, -0.05) is 46.3 Å². The summed E-state index contributed by atoms with van der Waals surface area (Å²) in [6.07, 6.45) is 0. The molecule has 21 heavy (non-hydrogen) atoms. The molecule has 106 valence electrons. The standard InChI is InChI=1S/C15H14BrN5/c1-10-5-4-8-13(17)14(10)15-18-19-20-21(15)9-11-6-2-3-7-12(11)16/h2-8H,9,17H2,1H3. The number of anilines is 1. The summed E-state index contributed by atoms with van der Waals surface area (Å²) in [6, 6.07) is 13.8. The molecule has 0 atom stereocenters. The Labute approximate surface area is 130 Å². The third-order valence-electron chi connectivity index (χ3n) is 3.34. The topological polar surface area (TPSA) is 69.6 Å². The number of benzene rings is 2. The number of nitrogens with zero attached hydrogens (tertiary/aromatic N) is 4. The summed E-state index contributed by atoms with van der Waals surface area (Å²) < 4.78 is 2.79. The van der Waals surface area contributed by atoms with E-state index in [0.717, 1.165) is 21.2 Å². The number of tetrazole rings is 1. The molecule has 0 amide bonds. The van der Waals surface area contributed by atoms with Crippen molar-refractivity contribution in [3.8, 4) is 11.4 Å². The molecule has 0 aliphatic heterocycles. The predicted octanol–water partition coefficient (Wildman–Crippen LogP) is 3.04. The van der Waals surface area contributed by atoms with Crippen molar-refractivity contribution in [3.63, 3.8) is 0 Å². The smallest absolute Gasteiger partial charge is 0.184 e. The number of aryl methyl sites for hydroxylation is 1. The van der Waals surface area contributed by atoms with Gasteiger partial charge in [-0.2, -0.15) is 0 Å². The summed E-state index contributed by atoms with van der Waals surface area (Å²) in [5, 5.41) is 12.0. The van der Waals surface area contributed by atoms with Crippen LogP contribution in [-0.4, -0.2) is 20.2 Å². The second-order valence-electron chi connectivity index (χ2n) is 4.79. The SMILES string of the molecule is Cc1cccc(N)c1-c1nnnn1Cc1ccccc1Br. The third-order valence-corrected chi connectivity index (χ3v) is 4.11. The van der Waals surface area contributed by atoms with E-state index < -0.39 is 0 Å². The summed E-state index contributed by atoms with van der Waals surface area (Å²) in [5.74, 6) is 0.682. The molecule has 0 spiro atoms. The molecule has 1 aromatic heterocycles. The van der Waals surface area contributed by atoms with Crippen molar-refractivity contribution in [3.05, 3.63) is 58.1 Å². The Balaban J connectivity index is 2.04. The van der Waals surface area contributed by atoms with Gasteiger partial charge in [0.05, 0.1) is 6.54 Å². The average Bonchev–Trinajstić information content (AvgIpc) is 2.89. The molecule has 3 rings (SSSR count). The van der Waals surface area contributed by atoms with Crippen molar-refractivity contribution in [2.75, 3.05) is 5.73 Å². The quantitative estimate of drug-likeness (QED) is 0.742. The molecule has 3 aromatic rings. The second-order valence-corrected chi connectivity index (χ2v) is 5.65. The molecular weight excluding hydrogens is 330 g/mol. The average molecular weight is 344 g/mol. The Morgan fingerprint density at radius 2 is 1.95 bits per heavy atom. The van der Waals surface area contributed by atoms with Gasteiger partial charge < -0.3 is 5.73 Å². The van der Waals surface area contributed by atoms with Crippen LogP contribution in [0.3, 0.4) is 0 Å². The molecule has 0 fully saturated rings. The van der Waals surface area contributed by atoms with Crippen LogP contribution in [0.15, 0.2) is 46.9 Å². The van der Waals surface area contributed by atoms with Crippen molar-refractivity contribution in [2.24, 2.45) is 0 Å². The molecule has 6 heteroatoms. The molecule has 0 aliphatic carbocycles. The van der Waals surface area contributed by atoms with Crippen LogP contribution in [0.5, 0.6) is 0 Å². The minimum atomic E-state index is 0.581. The lowest BCUT2D eigenvalue weighted by Gasteiger charge is -2.10. The normalized spacial score (nSPS) is 10.8. The van der Waals surface area contributed by atoms with E-state index in [9.17, 15) is 0 Å². The first kappa shape index (κ1) is 13.8. The molecular formula is C15H14BrN5. The number of hydrogen-bond acceptors (Lipinski definition) is 4. The van der Waals surface area contributed by atoms with Gasteiger partial charge in [-0.3, -0.25) is 0 Å². The van der Waals surface area contributed by atoms with Crippen LogP contribution in [-0.2, 0) is 6.54 Å². The van der Waals surface area contributed by atoms with Gasteiger partial charge in [0.1, 0.15) is 0 Å². The van der Waals surface area contributed by atoms with Crippen molar-refractivity contribution in [1.82, 2.24) is 20.2 Å². The van der Waals surface area contributed by atoms with Gasteiger partial charge in [-0.15, -0.1) is 5.10 Å². The van der Waals surface area contributed by atoms with Crippen LogP contribution >= 0.6 is 15.9 Å². The molecule has 0 saturated carbocycles. The first-order valence-corrected chi connectivity index (χ1v) is 7.31. The zero-order valence-electron chi connectivity index (χ0n) is 11.5. The molecule has 2 N–H and O–H groups in total. The van der Waals surface area contributed by atoms with E-state index in [1.165, 1.54) is 0 Å². The number of rotatable bonds is 3. The number of hydrogen-bond donors (Lipinski definition) is 1. The molecule has 0 radical (unpaired) electrons. The van der Waals surface area contributed by atoms with Crippen LogP contribution in [0.2, 0.25) is 0 Å². The molecule has 0 bridgehead atoms. The van der Waals surface area contributed by atoms with Crippen LogP contribution in [0.1, 0.15) is 11.1 Å². The maximum absolute atomic E-state index is 6.09. The summed E-state index contributed by atoms with van der Waals surface area (Å²) in [4.78, 5) is 0. The van der Waals surface area contributed by atoms with Crippen molar-refractivity contribution >= 4 is 21.6 Å². The fourth-order valence-corrected chi connectivity index (χ4v) is 2.68. The fourth-order valence-electron chi connectivity index (χ4n) is 2.27. The summed E-state index contributed by atoms with van der Waals surface area (Å²) in [5.41, 5.74) is 9.81. The maximum Gasteiger partial charge on any atom is 0.184 e. The highest BCUT2D eigenvalue weighted by molar-refractivity contribution is 9.10. The number of nitrogen functional groups attached to an aromatic ring is 1. The van der Waals surface area contributed by atoms with Crippen LogP contribution in [0, 0.1) is 6.92 Å². The van der Waals surface area contributed by atoms with E-state index >= 15 is 0 Å². The molecule has 5 nitrogen and oxygen atoms in total. The summed E-state index contributed by atoms with van der Waals surface area (Å²) in [7, 11) is 0. The van der Waals surface area contributed by atoms with E-state index in [2.05, 4.69) is 31.5 Å². The van der Waals surface area contributed by atoms with E-state index in [0.29, 0.717) is 18.1 Å². The zero-order chi connectivity index (χ0) is 14.8. The van der Waals surface area contributed by atoms with Gasteiger partial charge in [0, 0.05) is 15.7 Å². The van der Waals surface area contributed by atoms with Crippen molar-refractivity contribution in [1.29, 1.82) is 0 Å². The first-order valence-electron chi connectivity index (χ1n) is 6.52. The molecule has 1 heterocycles. The Hall–Kier alpha value is -2.21. The van der Waals surface area contributed by atoms with Crippen LogP contribution in [0.4, 0.5) is 5.69 Å². The highest BCUT2D eigenvalue weighted by atomic mass is 79.9. The van der Waals surface area contributed by atoms with Gasteiger partial charge in [0.2, 0.25) is 0 Å². The molecule has 2 aromatic carbocycles. The minimum absolute atomic E-state index is 0.581. The Kier molecular flexibility index (Phi) is 3.70. The van der Waals surface area contributed by atoms with Gasteiger partial charge in [0.25, 0.3) is 0 Å². The third kappa shape index (κ3) is 2.67. The summed E-state index contributed by atoms with van der Waals surface area (Å²) >= 11 is 3.55. The number of nitrogens with two attached hydrogens (primary N) is 1. The van der Waals surface area contributed by atoms with Crippen LogP contribution in [0.25, 0.3) is 11.4 Å². The zero-order valence-corrected chi connectivity index (χ0v) is 13.1. The van der Waals surface area contributed by atoms with Gasteiger partial charge in [-0.25, -0.2) is 4.68 Å². The second kappa shape index (κ2) is 5.65. The lowest BCUT2D eigenvalue weighted by molar-refractivity contribution is 0.652. The highest BCUT2D eigenvalue weighted by Crippen LogP contribution is 2.28. The van der Waals surface area contributed by atoms with E-state index in [1.54, 1.807) is 4.68 Å². The van der Waals surface area contributed by atoms with Gasteiger partial charge >= 0.3 is 0 Å². The van der Waals surface area contributed by atoms with Crippen molar-refractivity contribution < 1.29 is 0 Å². The highest BCUT2D eigenvalue weighted by Gasteiger charge is 2.15. The van der Waals surface area contributed by atoms with E-state index in [-0.39, 0.29) is 0 Å². The molecule has 0 unspecified atom stereocenters. The van der Waals surface area contributed by atoms with Gasteiger partial charge in [-0.05, 0) is 40.6 Å². The maximum atomic E-state index is 6.09. The minimum Gasteiger partial charge on any atom is -0.398 e. The lowest BCUT2D eigenvalue weighted by Crippen LogP contribution is -2.07. The summed E-state index contributed by atoms with van der Waals surface area (Å²) in [6.45, 7) is 2.58. The Morgan fingerprint density at radius 3 is 2.71 bits per heavy atom. The van der Waals surface area contributed by atoms with E-state index in [4.69, 9.17) is 5.73 Å². The number of aromatic nitrogens is 4. The predicted molar refractivity (Wildman–Crippen MR) is 85.6 cm³/mol. The van der Waals surface area contributed by atoms with Crippen LogP contribution < -0.4 is 5.73 Å². The monoisotopic (exact) mass is 343 g/mol. The van der Waals surface area contributed by atoms with Crippen molar-refractivity contribution in [2.45, 2.75) is 13.5 Å². The largest absolute Gasteiger partial charge is 0.398 e. The molecule has 0 aliphatic rings. The Morgan fingerprint density at radius 1 is 1.14 bits per heavy atom. The fraction of sp³-hybridized carbons (Fsp3) is 0.133. The first-order chi connectivity index (χ1) is 10.2. The Bertz CT molecular complexity index is 761. The number of halogens is 1.